The fourth-order valence-corrected chi connectivity index (χ4v) is 2.72. The molecule has 3 nitrogen and oxygen atoms in total. The molecule has 1 aliphatic heterocycles. The van der Waals surface area contributed by atoms with Crippen LogP contribution >= 0.6 is 12.4 Å². The highest BCUT2D eigenvalue weighted by Gasteiger charge is 2.25. The van der Waals surface area contributed by atoms with Gasteiger partial charge in [-0.25, -0.2) is 0 Å². The Hall–Kier alpha value is -1.06. The van der Waals surface area contributed by atoms with E-state index in [1.54, 1.807) is 0 Å². The molecule has 0 saturated carbocycles. The third kappa shape index (κ3) is 4.80. The summed E-state index contributed by atoms with van der Waals surface area (Å²) in [6.45, 7) is 3.78. The number of piperidine rings is 1. The van der Waals surface area contributed by atoms with Gasteiger partial charge < -0.3 is 10.6 Å². The molecule has 1 aromatic carbocycles. The van der Waals surface area contributed by atoms with Gasteiger partial charge in [-0.1, -0.05) is 30.3 Å². The van der Waals surface area contributed by atoms with Crippen LogP contribution in [0.1, 0.15) is 31.7 Å². The van der Waals surface area contributed by atoms with Gasteiger partial charge >= 0.3 is 0 Å². The minimum atomic E-state index is 0. The number of rotatable bonds is 4. The van der Waals surface area contributed by atoms with Crippen molar-refractivity contribution in [1.82, 2.24) is 4.90 Å². The molecule has 2 rings (SSSR count). The van der Waals surface area contributed by atoms with Gasteiger partial charge in [-0.15, -0.1) is 12.4 Å². The minimum Gasteiger partial charge on any atom is -0.342 e. The van der Waals surface area contributed by atoms with Crippen molar-refractivity contribution >= 4 is 18.3 Å². The van der Waals surface area contributed by atoms with E-state index in [0.717, 1.165) is 32.4 Å². The van der Waals surface area contributed by atoms with Crippen LogP contribution in [-0.2, 0) is 11.2 Å². The van der Waals surface area contributed by atoms with Gasteiger partial charge in [0.25, 0.3) is 0 Å². The van der Waals surface area contributed by atoms with Gasteiger partial charge in [-0.3, -0.25) is 4.79 Å². The molecule has 1 fully saturated rings. The second-order valence-corrected chi connectivity index (χ2v) is 5.59. The Kier molecular flexibility index (Phi) is 7.03. The molecule has 0 aromatic heterocycles. The molecule has 2 unspecified atom stereocenters. The molecule has 0 spiro atoms. The highest BCUT2D eigenvalue weighted by Crippen LogP contribution is 2.19. The smallest absolute Gasteiger partial charge is 0.222 e. The van der Waals surface area contributed by atoms with Crippen LogP contribution in [0.4, 0.5) is 0 Å². The first-order valence-corrected chi connectivity index (χ1v) is 7.24. The van der Waals surface area contributed by atoms with Gasteiger partial charge in [0.05, 0.1) is 0 Å². The van der Waals surface area contributed by atoms with Crippen LogP contribution in [0.2, 0.25) is 0 Å². The second kappa shape index (κ2) is 8.28. The first kappa shape index (κ1) is 17.0. The standard InChI is InChI=1S/C16H24N2O.ClH/c1-13(17)15-8-5-11-18(12-15)16(19)10-9-14-6-3-2-4-7-14;/h2-4,6-7,13,15H,5,8-12,17H2,1H3;1H. The first-order chi connectivity index (χ1) is 9.16. The number of hydrogen-bond acceptors (Lipinski definition) is 2. The van der Waals surface area contributed by atoms with E-state index in [-0.39, 0.29) is 24.4 Å². The number of likely N-dealkylation sites (tertiary alicyclic amines) is 1. The summed E-state index contributed by atoms with van der Waals surface area (Å²) in [5.41, 5.74) is 7.19. The number of benzene rings is 1. The SMILES string of the molecule is CC(N)C1CCCN(C(=O)CCc2ccccc2)C1.Cl. The topological polar surface area (TPSA) is 46.3 Å². The van der Waals surface area contributed by atoms with Gasteiger partial charge in [-0.05, 0) is 37.7 Å². The molecule has 1 saturated heterocycles. The van der Waals surface area contributed by atoms with Crippen LogP contribution < -0.4 is 5.73 Å². The predicted octanol–water partition coefficient (Wildman–Crippen LogP) is 2.63. The summed E-state index contributed by atoms with van der Waals surface area (Å²) in [5, 5.41) is 0. The lowest BCUT2D eigenvalue weighted by Crippen LogP contribution is -2.45. The normalized spacial score (nSPS) is 20.1. The van der Waals surface area contributed by atoms with Crippen molar-refractivity contribution in [1.29, 1.82) is 0 Å². The maximum absolute atomic E-state index is 12.2. The van der Waals surface area contributed by atoms with Crippen molar-refractivity contribution in [3.05, 3.63) is 35.9 Å². The highest BCUT2D eigenvalue weighted by molar-refractivity contribution is 5.85. The Bertz CT molecular complexity index is 408. The van der Waals surface area contributed by atoms with Gasteiger partial charge in [0.15, 0.2) is 0 Å². The quantitative estimate of drug-likeness (QED) is 0.928. The Morgan fingerprint density at radius 1 is 1.40 bits per heavy atom. The first-order valence-electron chi connectivity index (χ1n) is 7.24. The molecule has 2 atom stereocenters. The molecule has 1 aliphatic rings. The molecule has 1 heterocycles. The van der Waals surface area contributed by atoms with Crippen LogP contribution in [0.3, 0.4) is 0 Å². The fraction of sp³-hybridized carbons (Fsp3) is 0.562. The molecular weight excluding hydrogens is 272 g/mol. The third-order valence-corrected chi connectivity index (χ3v) is 4.02. The lowest BCUT2D eigenvalue weighted by atomic mass is 9.92. The summed E-state index contributed by atoms with van der Waals surface area (Å²) in [6.07, 6.45) is 3.68. The van der Waals surface area contributed by atoms with Crippen LogP contribution in [-0.4, -0.2) is 29.9 Å². The fourth-order valence-electron chi connectivity index (χ4n) is 2.72. The number of carbonyl (C=O) groups excluding carboxylic acids is 1. The van der Waals surface area contributed by atoms with E-state index in [4.69, 9.17) is 5.73 Å². The van der Waals surface area contributed by atoms with Crippen molar-refractivity contribution in [2.75, 3.05) is 13.1 Å². The van der Waals surface area contributed by atoms with Gasteiger partial charge in [0.1, 0.15) is 0 Å². The van der Waals surface area contributed by atoms with E-state index in [9.17, 15) is 4.79 Å². The van der Waals surface area contributed by atoms with Crippen molar-refractivity contribution < 1.29 is 4.79 Å². The van der Waals surface area contributed by atoms with Crippen molar-refractivity contribution in [2.24, 2.45) is 11.7 Å². The molecule has 4 heteroatoms. The summed E-state index contributed by atoms with van der Waals surface area (Å²) < 4.78 is 0. The number of aryl methyl sites for hydroxylation is 1. The van der Waals surface area contributed by atoms with Crippen LogP contribution in [0.5, 0.6) is 0 Å². The highest BCUT2D eigenvalue weighted by atomic mass is 35.5. The van der Waals surface area contributed by atoms with Crippen molar-refractivity contribution in [2.45, 2.75) is 38.6 Å². The molecule has 112 valence electrons. The molecule has 2 N–H and O–H groups in total. The van der Waals surface area contributed by atoms with E-state index in [2.05, 4.69) is 12.1 Å². The van der Waals surface area contributed by atoms with Gasteiger partial charge in [0.2, 0.25) is 5.91 Å². The molecule has 0 aliphatic carbocycles. The van der Waals surface area contributed by atoms with Crippen LogP contribution in [0.25, 0.3) is 0 Å². The monoisotopic (exact) mass is 296 g/mol. The molecular formula is C16H25ClN2O. The minimum absolute atomic E-state index is 0. The number of halogens is 1. The van der Waals surface area contributed by atoms with E-state index >= 15 is 0 Å². The summed E-state index contributed by atoms with van der Waals surface area (Å²) in [6, 6.07) is 10.4. The zero-order valence-electron chi connectivity index (χ0n) is 12.1. The van der Waals surface area contributed by atoms with E-state index < -0.39 is 0 Å². The van der Waals surface area contributed by atoms with Crippen LogP contribution in [0.15, 0.2) is 30.3 Å². The van der Waals surface area contributed by atoms with E-state index in [0.29, 0.717) is 12.3 Å². The molecule has 1 aromatic rings. The average Bonchev–Trinajstić information content (AvgIpc) is 2.46. The number of amides is 1. The number of hydrogen-bond donors (Lipinski definition) is 1. The van der Waals surface area contributed by atoms with E-state index in [1.807, 2.05) is 30.0 Å². The van der Waals surface area contributed by atoms with Crippen molar-refractivity contribution in [3.63, 3.8) is 0 Å². The number of nitrogens with two attached hydrogens (primary N) is 1. The Balaban J connectivity index is 0.00000200. The maximum atomic E-state index is 12.2. The summed E-state index contributed by atoms with van der Waals surface area (Å²) >= 11 is 0. The zero-order chi connectivity index (χ0) is 13.7. The largest absolute Gasteiger partial charge is 0.342 e. The Morgan fingerprint density at radius 2 is 2.10 bits per heavy atom. The van der Waals surface area contributed by atoms with Gasteiger partial charge in [-0.2, -0.15) is 0 Å². The summed E-state index contributed by atoms with van der Waals surface area (Å²) in [7, 11) is 0. The lowest BCUT2D eigenvalue weighted by Gasteiger charge is -2.34. The average molecular weight is 297 g/mol. The lowest BCUT2D eigenvalue weighted by molar-refractivity contribution is -0.133. The van der Waals surface area contributed by atoms with Crippen LogP contribution in [0, 0.1) is 5.92 Å². The second-order valence-electron chi connectivity index (χ2n) is 5.59. The number of carbonyl (C=O) groups is 1. The zero-order valence-corrected chi connectivity index (χ0v) is 12.9. The Morgan fingerprint density at radius 3 is 2.75 bits per heavy atom. The molecule has 1 amide bonds. The molecule has 0 bridgehead atoms. The van der Waals surface area contributed by atoms with Crippen molar-refractivity contribution in [3.8, 4) is 0 Å². The van der Waals surface area contributed by atoms with Gasteiger partial charge in [0, 0.05) is 25.6 Å². The predicted molar refractivity (Wildman–Crippen MR) is 85.0 cm³/mol. The summed E-state index contributed by atoms with van der Waals surface area (Å²) in [5.74, 6) is 0.739. The molecule has 20 heavy (non-hydrogen) atoms. The summed E-state index contributed by atoms with van der Waals surface area (Å²) in [4.78, 5) is 14.2. The third-order valence-electron chi connectivity index (χ3n) is 4.02. The number of nitrogens with zero attached hydrogens (tertiary/aromatic N) is 1. The van der Waals surface area contributed by atoms with E-state index in [1.165, 1.54) is 5.56 Å². The molecule has 0 radical (unpaired) electrons. The Labute approximate surface area is 127 Å². The maximum Gasteiger partial charge on any atom is 0.222 e.